The summed E-state index contributed by atoms with van der Waals surface area (Å²) in [5, 5.41) is 13.0. The van der Waals surface area contributed by atoms with Crippen molar-refractivity contribution in [3.8, 4) is 0 Å². The molecule has 1 amide bonds. The number of aliphatic hydroxyl groups is 1. The van der Waals surface area contributed by atoms with Crippen molar-refractivity contribution in [2.24, 2.45) is 0 Å². The van der Waals surface area contributed by atoms with Gasteiger partial charge in [0, 0.05) is 34.1 Å². The molecule has 2 N–H and O–H groups in total. The first-order valence-corrected chi connectivity index (χ1v) is 14.1. The van der Waals surface area contributed by atoms with Gasteiger partial charge in [0.05, 0.1) is 35.4 Å². The third kappa shape index (κ3) is 6.81. The Morgan fingerprint density at radius 1 is 1.07 bits per heavy atom. The lowest BCUT2D eigenvalue weighted by atomic mass is 10.0. The molecule has 3 aromatic carbocycles. The highest BCUT2D eigenvalue weighted by Crippen LogP contribution is 2.34. The number of nitrogens with zero attached hydrogens (tertiary/aromatic N) is 1. The zero-order valence-electron chi connectivity index (χ0n) is 26.2. The van der Waals surface area contributed by atoms with Crippen LogP contribution in [0, 0.1) is 5.82 Å². The largest absolute Gasteiger partial charge is 0.416 e. The minimum Gasteiger partial charge on any atom is -0.394 e. The van der Waals surface area contributed by atoms with Gasteiger partial charge in [-0.05, 0) is 66.0 Å². The zero-order valence-corrected chi connectivity index (χ0v) is 23.0. The first kappa shape index (κ1) is 25.9. The maximum Gasteiger partial charge on any atom is 0.416 e. The number of carbonyl (C=O) groups is 1. The van der Waals surface area contributed by atoms with Crippen molar-refractivity contribution in [2.75, 3.05) is 19.0 Å². The van der Waals surface area contributed by atoms with Gasteiger partial charge in [0.25, 0.3) is 5.91 Å². The summed E-state index contributed by atoms with van der Waals surface area (Å²) >= 11 is 0. The zero-order chi connectivity index (χ0) is 34.2. The Balaban J connectivity index is 1.60. The Bertz CT molecular complexity index is 1860. The molecule has 1 atom stereocenters. The van der Waals surface area contributed by atoms with Crippen molar-refractivity contribution >= 4 is 26.6 Å². The number of halogens is 5. The lowest BCUT2D eigenvalue weighted by molar-refractivity contribution is -0.138. The summed E-state index contributed by atoms with van der Waals surface area (Å²) in [6.07, 6.45) is -7.83. The second kappa shape index (κ2) is 12.6. The molecule has 4 rings (SSSR count). The molecule has 12 heteroatoms. The van der Waals surface area contributed by atoms with E-state index in [1.165, 1.54) is 41.0 Å². The highest BCUT2D eigenvalue weighted by Gasteiger charge is 2.34. The van der Waals surface area contributed by atoms with Gasteiger partial charge in [-0.15, -0.1) is 0 Å². The number of aliphatic hydroxyl groups excluding tert-OH is 1. The van der Waals surface area contributed by atoms with Crippen LogP contribution in [0.15, 0.2) is 71.6 Å². The third-order valence-corrected chi connectivity index (χ3v) is 7.99. The van der Waals surface area contributed by atoms with E-state index in [0.717, 1.165) is 31.2 Å². The van der Waals surface area contributed by atoms with Crippen molar-refractivity contribution in [3.05, 3.63) is 100 Å². The van der Waals surface area contributed by atoms with E-state index in [9.17, 15) is 40.3 Å². The molecule has 0 saturated heterocycles. The molecule has 6 nitrogen and oxygen atoms in total. The Morgan fingerprint density at radius 2 is 1.79 bits per heavy atom. The molecule has 4 aromatic rings. The minimum absolute atomic E-state index is 0.0882. The number of benzene rings is 3. The number of hydrogen-bond donors (Lipinski definition) is 2. The predicted octanol–water partition coefficient (Wildman–Crippen LogP) is 6.01. The Labute approximate surface area is 245 Å². The van der Waals surface area contributed by atoms with Crippen LogP contribution in [-0.2, 0) is 29.0 Å². The van der Waals surface area contributed by atoms with Crippen LogP contribution in [0.4, 0.5) is 22.0 Å². The average molecular weight is 613 g/mol. The van der Waals surface area contributed by atoms with Gasteiger partial charge in [-0.2, -0.15) is 13.2 Å². The lowest BCUT2D eigenvalue weighted by Crippen LogP contribution is -2.30. The summed E-state index contributed by atoms with van der Waals surface area (Å²) in [6, 6.07) is 11.7. The number of aryl methyl sites for hydroxylation is 1. The van der Waals surface area contributed by atoms with Crippen molar-refractivity contribution in [1.29, 1.82) is 0 Å². The molecule has 1 heterocycles. The monoisotopic (exact) mass is 612 g/mol. The number of alkyl halides is 4. The van der Waals surface area contributed by atoms with Gasteiger partial charge in [0.2, 0.25) is 0 Å². The van der Waals surface area contributed by atoms with Crippen LogP contribution < -0.4 is 5.32 Å². The standard InChI is InChI=1S/C30H29F5N2O4S/c1-2-13-42(40,41)25-8-4-19(5-9-25)27(18-38)36-29(39)21-6-10-28-22(14-21)16-24(37(28)12-11-31)15-20-3-7-23(32)17-26(20)30(33,34)35/h3-10,14,16-17,27,38H,2,11-13,15,18H2,1H3,(H,36,39)/t27-/m1/s1/i2D2,13D2. The van der Waals surface area contributed by atoms with Crippen LogP contribution in [0.2, 0.25) is 0 Å². The second-order valence-electron chi connectivity index (χ2n) is 9.36. The van der Waals surface area contributed by atoms with E-state index < -0.39 is 69.6 Å². The summed E-state index contributed by atoms with van der Waals surface area (Å²) in [5.74, 6) is -1.73. The first-order chi connectivity index (χ1) is 21.3. The number of sulfone groups is 1. The SMILES string of the molecule is [2H]C([2H])(C)C([2H])([2H])S(=O)(=O)c1ccc([C@@H](CO)NC(=O)c2ccc3c(c2)cc(Cc2ccc(F)cc2C(F)(F)F)n3CCF)cc1. The van der Waals surface area contributed by atoms with Crippen LogP contribution in [-0.4, -0.2) is 43.0 Å². The number of nitrogens with one attached hydrogen (secondary N) is 1. The molecular weight excluding hydrogens is 579 g/mol. The number of amides is 1. The van der Waals surface area contributed by atoms with Crippen molar-refractivity contribution in [2.45, 2.75) is 43.4 Å². The predicted molar refractivity (Wildman–Crippen MR) is 148 cm³/mol. The molecule has 0 aliphatic rings. The minimum atomic E-state index is -4.82. The summed E-state index contributed by atoms with van der Waals surface area (Å²) in [5.41, 5.74) is -3.54. The smallest absolute Gasteiger partial charge is 0.394 e. The highest BCUT2D eigenvalue weighted by atomic mass is 32.2. The van der Waals surface area contributed by atoms with Crippen LogP contribution >= 0.6 is 0 Å². The van der Waals surface area contributed by atoms with Gasteiger partial charge in [0.1, 0.15) is 12.5 Å². The lowest BCUT2D eigenvalue weighted by Gasteiger charge is -2.17. The van der Waals surface area contributed by atoms with Gasteiger partial charge in [-0.1, -0.05) is 25.1 Å². The molecule has 0 spiro atoms. The Morgan fingerprint density at radius 3 is 2.40 bits per heavy atom. The van der Waals surface area contributed by atoms with E-state index in [2.05, 4.69) is 5.32 Å². The van der Waals surface area contributed by atoms with Crippen LogP contribution in [0.1, 0.15) is 57.6 Å². The molecule has 0 saturated carbocycles. The summed E-state index contributed by atoms with van der Waals surface area (Å²) < 4.78 is 126. The fourth-order valence-corrected chi connectivity index (χ4v) is 5.56. The summed E-state index contributed by atoms with van der Waals surface area (Å²) in [4.78, 5) is 12.7. The highest BCUT2D eigenvalue weighted by molar-refractivity contribution is 7.91. The van der Waals surface area contributed by atoms with Gasteiger partial charge in [-0.3, -0.25) is 4.79 Å². The van der Waals surface area contributed by atoms with E-state index >= 15 is 0 Å². The Hall–Kier alpha value is -3.77. The third-order valence-electron chi connectivity index (χ3n) is 6.62. The molecule has 0 bridgehead atoms. The fourth-order valence-electron chi connectivity index (χ4n) is 4.67. The molecule has 0 radical (unpaired) electrons. The Kier molecular flexibility index (Phi) is 7.78. The molecule has 0 unspecified atom stereocenters. The maximum absolute atomic E-state index is 13.6. The van der Waals surface area contributed by atoms with E-state index in [0.29, 0.717) is 22.7 Å². The topological polar surface area (TPSA) is 88.4 Å². The molecule has 0 aliphatic heterocycles. The van der Waals surface area contributed by atoms with Gasteiger partial charge in [-0.25, -0.2) is 17.2 Å². The number of aromatic nitrogens is 1. The number of hydrogen-bond acceptors (Lipinski definition) is 4. The second-order valence-corrected chi connectivity index (χ2v) is 11.0. The maximum atomic E-state index is 13.6. The van der Waals surface area contributed by atoms with Gasteiger partial charge >= 0.3 is 6.18 Å². The molecule has 1 aromatic heterocycles. The van der Waals surface area contributed by atoms with E-state index in [1.54, 1.807) is 0 Å². The first-order valence-electron chi connectivity index (χ1n) is 14.6. The number of fused-ring (bicyclic) bond motifs is 1. The quantitative estimate of drug-likeness (QED) is 0.203. The molecule has 42 heavy (non-hydrogen) atoms. The van der Waals surface area contributed by atoms with Crippen molar-refractivity contribution < 1.29 is 45.8 Å². The normalized spacial score (nSPS) is 15.0. The van der Waals surface area contributed by atoms with Crippen molar-refractivity contribution in [3.63, 3.8) is 0 Å². The molecule has 0 aliphatic carbocycles. The summed E-state index contributed by atoms with van der Waals surface area (Å²) in [7, 11) is -4.76. The van der Waals surface area contributed by atoms with E-state index in [4.69, 9.17) is 5.48 Å². The van der Waals surface area contributed by atoms with Gasteiger partial charge in [0.15, 0.2) is 9.84 Å². The van der Waals surface area contributed by atoms with Crippen LogP contribution in [0.3, 0.4) is 0 Å². The number of rotatable bonds is 11. The van der Waals surface area contributed by atoms with Crippen molar-refractivity contribution in [1.82, 2.24) is 9.88 Å². The van der Waals surface area contributed by atoms with E-state index in [-0.39, 0.29) is 29.7 Å². The fraction of sp³-hybridized carbons (Fsp3) is 0.300. The van der Waals surface area contributed by atoms with Crippen LogP contribution in [0.25, 0.3) is 10.9 Å². The summed E-state index contributed by atoms with van der Waals surface area (Å²) in [6.45, 7) is -0.827. The molecule has 224 valence electrons. The average Bonchev–Trinajstić information content (AvgIpc) is 3.31. The molecular formula is C30H29F5N2O4S. The number of carbonyl (C=O) groups excluding carboxylic acids is 1. The van der Waals surface area contributed by atoms with Gasteiger partial charge < -0.3 is 15.0 Å². The molecule has 0 fully saturated rings. The van der Waals surface area contributed by atoms with E-state index in [1.807, 2.05) is 0 Å². The van der Waals surface area contributed by atoms with Crippen LogP contribution in [0.5, 0.6) is 0 Å².